The molecule has 0 aliphatic rings. The van der Waals surface area contributed by atoms with Gasteiger partial charge in [-0.05, 0) is 36.2 Å². The smallest absolute Gasteiger partial charge is 0.251 e. The van der Waals surface area contributed by atoms with Crippen molar-refractivity contribution < 1.29 is 9.90 Å². The van der Waals surface area contributed by atoms with Crippen LogP contribution in [0.4, 0.5) is 5.69 Å². The summed E-state index contributed by atoms with van der Waals surface area (Å²) in [4.78, 5) is 16.3. The number of rotatable bonds is 4. The van der Waals surface area contributed by atoms with Crippen molar-refractivity contribution in [2.24, 2.45) is 0 Å². The standard InChI is InChI=1S/C15H17N3O2/c1-2-10-4-3-7-17-13(10)9-18-15(20)11-5-6-12(16)14(19)8-11/h3-8,19H,2,9,16H2,1H3,(H,18,20). The number of aromatic hydroxyl groups is 1. The van der Waals surface area contributed by atoms with Gasteiger partial charge < -0.3 is 16.2 Å². The third kappa shape index (κ3) is 3.06. The lowest BCUT2D eigenvalue weighted by molar-refractivity contribution is 0.0950. The van der Waals surface area contributed by atoms with Gasteiger partial charge in [0, 0.05) is 11.8 Å². The Morgan fingerprint density at radius 2 is 2.20 bits per heavy atom. The lowest BCUT2D eigenvalue weighted by Crippen LogP contribution is -2.24. The van der Waals surface area contributed by atoms with Crippen LogP contribution in [0.15, 0.2) is 36.5 Å². The van der Waals surface area contributed by atoms with Gasteiger partial charge in [-0.25, -0.2) is 0 Å². The van der Waals surface area contributed by atoms with Crippen molar-refractivity contribution in [1.82, 2.24) is 10.3 Å². The zero-order valence-corrected chi connectivity index (χ0v) is 11.3. The van der Waals surface area contributed by atoms with Gasteiger partial charge in [-0.2, -0.15) is 0 Å². The highest BCUT2D eigenvalue weighted by molar-refractivity contribution is 5.95. The maximum Gasteiger partial charge on any atom is 0.251 e. The summed E-state index contributed by atoms with van der Waals surface area (Å²) in [6.45, 7) is 2.40. The fourth-order valence-electron chi connectivity index (χ4n) is 1.90. The summed E-state index contributed by atoms with van der Waals surface area (Å²) in [5.41, 5.74) is 8.07. The number of pyridine rings is 1. The predicted molar refractivity (Wildman–Crippen MR) is 77.3 cm³/mol. The van der Waals surface area contributed by atoms with Crippen molar-refractivity contribution in [1.29, 1.82) is 0 Å². The highest BCUT2D eigenvalue weighted by atomic mass is 16.3. The van der Waals surface area contributed by atoms with Crippen LogP contribution in [0.25, 0.3) is 0 Å². The van der Waals surface area contributed by atoms with Gasteiger partial charge in [0.1, 0.15) is 5.75 Å². The minimum absolute atomic E-state index is 0.0928. The van der Waals surface area contributed by atoms with Crippen LogP contribution in [0, 0.1) is 0 Å². The summed E-state index contributed by atoms with van der Waals surface area (Å²) in [7, 11) is 0. The first kappa shape index (κ1) is 13.9. The molecular weight excluding hydrogens is 254 g/mol. The van der Waals surface area contributed by atoms with Crippen LogP contribution in [0.1, 0.15) is 28.5 Å². The number of carbonyl (C=O) groups is 1. The molecule has 0 spiro atoms. The number of nitrogen functional groups attached to an aromatic ring is 1. The van der Waals surface area contributed by atoms with E-state index in [1.807, 2.05) is 19.1 Å². The van der Waals surface area contributed by atoms with Gasteiger partial charge in [0.2, 0.25) is 0 Å². The summed E-state index contributed by atoms with van der Waals surface area (Å²) in [6, 6.07) is 8.29. The van der Waals surface area contributed by atoms with Gasteiger partial charge in [0.05, 0.1) is 17.9 Å². The molecule has 1 aromatic heterocycles. The molecule has 0 unspecified atom stereocenters. The van der Waals surface area contributed by atoms with Crippen LogP contribution >= 0.6 is 0 Å². The Labute approximate surface area is 117 Å². The number of phenols is 1. The summed E-state index contributed by atoms with van der Waals surface area (Å²) in [6.07, 6.45) is 2.57. The van der Waals surface area contributed by atoms with Gasteiger partial charge in [-0.15, -0.1) is 0 Å². The van der Waals surface area contributed by atoms with Crippen LogP contribution < -0.4 is 11.1 Å². The molecule has 1 heterocycles. The molecule has 2 rings (SSSR count). The van der Waals surface area contributed by atoms with E-state index in [0.29, 0.717) is 12.1 Å². The van der Waals surface area contributed by atoms with Crippen LogP contribution in [0.2, 0.25) is 0 Å². The quantitative estimate of drug-likeness (QED) is 0.585. The third-order valence-corrected chi connectivity index (χ3v) is 3.07. The number of aryl methyl sites for hydroxylation is 1. The van der Waals surface area contributed by atoms with E-state index in [4.69, 9.17) is 5.73 Å². The number of benzene rings is 1. The number of hydrogen-bond donors (Lipinski definition) is 3. The molecule has 0 aliphatic heterocycles. The van der Waals surface area contributed by atoms with Crippen molar-refractivity contribution >= 4 is 11.6 Å². The molecule has 0 bridgehead atoms. The van der Waals surface area contributed by atoms with Gasteiger partial charge in [0.25, 0.3) is 5.91 Å². The van der Waals surface area contributed by atoms with Gasteiger partial charge in [-0.1, -0.05) is 13.0 Å². The van der Waals surface area contributed by atoms with Crippen LogP contribution in [0.5, 0.6) is 5.75 Å². The fraction of sp³-hybridized carbons (Fsp3) is 0.200. The number of aromatic nitrogens is 1. The number of hydrogen-bond acceptors (Lipinski definition) is 4. The maximum absolute atomic E-state index is 12.0. The zero-order chi connectivity index (χ0) is 14.5. The number of nitrogens with two attached hydrogens (primary N) is 1. The summed E-state index contributed by atoms with van der Waals surface area (Å²) in [5, 5.41) is 12.3. The molecule has 20 heavy (non-hydrogen) atoms. The van der Waals surface area contributed by atoms with Crippen LogP contribution in [-0.2, 0) is 13.0 Å². The van der Waals surface area contributed by atoms with Crippen LogP contribution in [-0.4, -0.2) is 16.0 Å². The van der Waals surface area contributed by atoms with E-state index in [2.05, 4.69) is 10.3 Å². The van der Waals surface area contributed by atoms with Crippen molar-refractivity contribution in [3.63, 3.8) is 0 Å². The summed E-state index contributed by atoms with van der Waals surface area (Å²) < 4.78 is 0. The highest BCUT2D eigenvalue weighted by Gasteiger charge is 2.09. The second kappa shape index (κ2) is 6.06. The van der Waals surface area contributed by atoms with Gasteiger partial charge in [-0.3, -0.25) is 9.78 Å². The number of nitrogens with one attached hydrogen (secondary N) is 1. The highest BCUT2D eigenvalue weighted by Crippen LogP contribution is 2.20. The molecule has 0 saturated carbocycles. The van der Waals surface area contributed by atoms with E-state index >= 15 is 0 Å². The van der Waals surface area contributed by atoms with E-state index in [1.54, 1.807) is 12.3 Å². The fourth-order valence-corrected chi connectivity index (χ4v) is 1.90. The number of amides is 1. The molecule has 104 valence electrons. The second-order valence-electron chi connectivity index (χ2n) is 4.42. The molecule has 5 nitrogen and oxygen atoms in total. The van der Waals surface area contributed by atoms with Crippen molar-refractivity contribution in [3.8, 4) is 5.75 Å². The minimum atomic E-state index is -0.270. The molecule has 1 amide bonds. The first-order valence-electron chi connectivity index (χ1n) is 6.41. The number of phenolic OH excluding ortho intramolecular Hbond substituents is 1. The van der Waals surface area contributed by atoms with E-state index in [9.17, 15) is 9.90 Å². The Hall–Kier alpha value is -2.56. The van der Waals surface area contributed by atoms with Gasteiger partial charge >= 0.3 is 0 Å². The molecule has 5 heteroatoms. The van der Waals surface area contributed by atoms with Crippen molar-refractivity contribution in [2.45, 2.75) is 19.9 Å². The zero-order valence-electron chi connectivity index (χ0n) is 11.3. The average molecular weight is 271 g/mol. The lowest BCUT2D eigenvalue weighted by Gasteiger charge is -2.09. The molecule has 0 aliphatic carbocycles. The maximum atomic E-state index is 12.0. The van der Waals surface area contributed by atoms with E-state index in [0.717, 1.165) is 17.7 Å². The Balaban J connectivity index is 2.06. The first-order chi connectivity index (χ1) is 9.61. The monoisotopic (exact) mass is 271 g/mol. The average Bonchev–Trinajstić information content (AvgIpc) is 2.47. The number of carbonyl (C=O) groups excluding carboxylic acids is 1. The Morgan fingerprint density at radius 3 is 2.90 bits per heavy atom. The molecular formula is C15H17N3O2. The number of anilines is 1. The molecule has 0 atom stereocenters. The molecule has 1 aromatic carbocycles. The van der Waals surface area contributed by atoms with Gasteiger partial charge in [0.15, 0.2) is 0 Å². The largest absolute Gasteiger partial charge is 0.506 e. The van der Waals surface area contributed by atoms with Crippen molar-refractivity contribution in [2.75, 3.05) is 5.73 Å². The van der Waals surface area contributed by atoms with E-state index in [1.165, 1.54) is 12.1 Å². The van der Waals surface area contributed by atoms with Crippen molar-refractivity contribution in [3.05, 3.63) is 53.3 Å². The lowest BCUT2D eigenvalue weighted by atomic mass is 10.1. The predicted octanol–water partition coefficient (Wildman–Crippen LogP) is 1.86. The molecule has 4 N–H and O–H groups in total. The number of nitrogens with zero attached hydrogens (tertiary/aromatic N) is 1. The Kier molecular flexibility index (Phi) is 4.20. The summed E-state index contributed by atoms with van der Waals surface area (Å²) >= 11 is 0. The Morgan fingerprint density at radius 1 is 1.40 bits per heavy atom. The first-order valence-corrected chi connectivity index (χ1v) is 6.41. The van der Waals surface area contributed by atoms with E-state index < -0.39 is 0 Å². The summed E-state index contributed by atoms with van der Waals surface area (Å²) in [5.74, 6) is -0.363. The minimum Gasteiger partial charge on any atom is -0.506 e. The topological polar surface area (TPSA) is 88.2 Å². The molecule has 0 fully saturated rings. The molecule has 2 aromatic rings. The van der Waals surface area contributed by atoms with Crippen LogP contribution in [0.3, 0.4) is 0 Å². The van der Waals surface area contributed by atoms with E-state index in [-0.39, 0.29) is 17.3 Å². The SMILES string of the molecule is CCc1cccnc1CNC(=O)c1ccc(N)c(O)c1. The third-order valence-electron chi connectivity index (χ3n) is 3.07. The molecule has 0 saturated heterocycles. The molecule has 0 radical (unpaired) electrons. The normalized spacial score (nSPS) is 10.2. The second-order valence-corrected chi connectivity index (χ2v) is 4.42. The Bertz CT molecular complexity index is 626.